The van der Waals surface area contributed by atoms with Gasteiger partial charge in [0.1, 0.15) is 11.5 Å². The molecule has 32 heavy (non-hydrogen) atoms. The molecule has 1 saturated heterocycles. The Morgan fingerprint density at radius 1 is 0.875 bits per heavy atom. The number of aromatic nitrogens is 4. The van der Waals surface area contributed by atoms with Crippen LogP contribution >= 0.6 is 0 Å². The first-order valence-electron chi connectivity index (χ1n) is 10.6. The summed E-state index contributed by atoms with van der Waals surface area (Å²) in [6.07, 6.45) is 5.16. The summed E-state index contributed by atoms with van der Waals surface area (Å²) in [5, 5.41) is 3.94. The van der Waals surface area contributed by atoms with Crippen LogP contribution in [0.15, 0.2) is 67.1 Å². The van der Waals surface area contributed by atoms with E-state index >= 15 is 0 Å². The van der Waals surface area contributed by atoms with E-state index < -0.39 is 0 Å². The summed E-state index contributed by atoms with van der Waals surface area (Å²) in [6.45, 7) is 5.48. The zero-order chi connectivity index (χ0) is 21.9. The van der Waals surface area contributed by atoms with Crippen molar-refractivity contribution in [3.05, 3.63) is 78.4 Å². The van der Waals surface area contributed by atoms with Crippen LogP contribution in [0.25, 0.3) is 10.9 Å². The molecular formula is C24H23N7O. The Hall–Kier alpha value is -4.07. The maximum atomic E-state index is 12.4. The molecule has 0 spiro atoms. The Labute approximate surface area is 186 Å². The number of fused-ring (bicyclic) bond motifs is 1. The number of hydrogen-bond acceptors (Lipinski definition) is 7. The van der Waals surface area contributed by atoms with E-state index in [1.54, 1.807) is 36.8 Å². The SMILES string of the molecule is Cc1cc(N2CCN(c3ncccn3)CC2)nc2ccc(NC(=O)c3ccccn3)cc12. The largest absolute Gasteiger partial charge is 0.353 e. The van der Waals surface area contributed by atoms with Gasteiger partial charge in [0.15, 0.2) is 0 Å². The minimum atomic E-state index is -0.229. The van der Waals surface area contributed by atoms with Gasteiger partial charge in [-0.15, -0.1) is 0 Å². The molecular weight excluding hydrogens is 402 g/mol. The van der Waals surface area contributed by atoms with Crippen LogP contribution < -0.4 is 15.1 Å². The zero-order valence-corrected chi connectivity index (χ0v) is 17.8. The monoisotopic (exact) mass is 425 g/mol. The quantitative estimate of drug-likeness (QED) is 0.537. The first-order valence-corrected chi connectivity index (χ1v) is 10.6. The molecule has 0 atom stereocenters. The molecule has 0 bridgehead atoms. The third-order valence-corrected chi connectivity index (χ3v) is 5.60. The summed E-state index contributed by atoms with van der Waals surface area (Å²) in [5.41, 5.74) is 3.14. The Bertz CT molecular complexity index is 1240. The van der Waals surface area contributed by atoms with Crippen molar-refractivity contribution in [1.82, 2.24) is 19.9 Å². The fourth-order valence-electron chi connectivity index (χ4n) is 3.90. The summed E-state index contributed by atoms with van der Waals surface area (Å²) in [5.74, 6) is 1.51. The van der Waals surface area contributed by atoms with Crippen molar-refractivity contribution in [3.8, 4) is 0 Å². The second-order valence-corrected chi connectivity index (χ2v) is 7.72. The molecule has 0 aliphatic carbocycles. The number of hydrogen-bond donors (Lipinski definition) is 1. The lowest BCUT2D eigenvalue weighted by Gasteiger charge is -2.35. The van der Waals surface area contributed by atoms with Gasteiger partial charge >= 0.3 is 0 Å². The normalized spacial score (nSPS) is 13.9. The van der Waals surface area contributed by atoms with Crippen molar-refractivity contribution in [1.29, 1.82) is 0 Å². The van der Waals surface area contributed by atoms with E-state index in [2.05, 4.69) is 43.1 Å². The van der Waals surface area contributed by atoms with Crippen LogP contribution in [0.5, 0.6) is 0 Å². The smallest absolute Gasteiger partial charge is 0.274 e. The highest BCUT2D eigenvalue weighted by Crippen LogP contribution is 2.26. The van der Waals surface area contributed by atoms with Crippen molar-refractivity contribution >= 4 is 34.3 Å². The molecule has 0 radical (unpaired) electrons. The van der Waals surface area contributed by atoms with Gasteiger partial charge in [-0.05, 0) is 55.0 Å². The predicted octanol–water partition coefficient (Wildman–Crippen LogP) is 3.31. The number of carbonyl (C=O) groups is 1. The van der Waals surface area contributed by atoms with Gasteiger partial charge in [0.05, 0.1) is 5.52 Å². The maximum absolute atomic E-state index is 12.4. The lowest BCUT2D eigenvalue weighted by Crippen LogP contribution is -2.47. The van der Waals surface area contributed by atoms with E-state index in [-0.39, 0.29) is 5.91 Å². The average molecular weight is 425 g/mol. The molecule has 1 fully saturated rings. The highest BCUT2D eigenvalue weighted by atomic mass is 16.1. The number of nitrogens with zero attached hydrogens (tertiary/aromatic N) is 6. The van der Waals surface area contributed by atoms with Crippen molar-refractivity contribution in [3.63, 3.8) is 0 Å². The van der Waals surface area contributed by atoms with Crippen molar-refractivity contribution < 1.29 is 4.79 Å². The minimum Gasteiger partial charge on any atom is -0.353 e. The Balaban J connectivity index is 1.32. The molecule has 160 valence electrons. The van der Waals surface area contributed by atoms with Gasteiger partial charge in [0.2, 0.25) is 5.95 Å². The number of carbonyl (C=O) groups excluding carboxylic acids is 1. The second-order valence-electron chi connectivity index (χ2n) is 7.72. The fourth-order valence-corrected chi connectivity index (χ4v) is 3.90. The number of benzene rings is 1. The van der Waals surface area contributed by atoms with Gasteiger partial charge in [0.25, 0.3) is 5.91 Å². The third kappa shape index (κ3) is 4.07. The lowest BCUT2D eigenvalue weighted by atomic mass is 10.1. The first kappa shape index (κ1) is 19.9. The van der Waals surface area contributed by atoms with Crippen LogP contribution in [-0.4, -0.2) is 52.0 Å². The van der Waals surface area contributed by atoms with Gasteiger partial charge in [0, 0.05) is 55.8 Å². The molecule has 1 amide bonds. The number of nitrogens with one attached hydrogen (secondary N) is 1. The molecule has 1 N–H and O–H groups in total. The highest BCUT2D eigenvalue weighted by Gasteiger charge is 2.20. The van der Waals surface area contributed by atoms with Crippen LogP contribution in [0.4, 0.5) is 17.5 Å². The van der Waals surface area contributed by atoms with E-state index in [1.165, 1.54) is 0 Å². The predicted molar refractivity (Wildman–Crippen MR) is 125 cm³/mol. The van der Waals surface area contributed by atoms with Crippen LogP contribution in [0.3, 0.4) is 0 Å². The lowest BCUT2D eigenvalue weighted by molar-refractivity contribution is 0.102. The fraction of sp³-hybridized carbons (Fsp3) is 0.208. The number of aryl methyl sites for hydroxylation is 1. The summed E-state index contributed by atoms with van der Waals surface area (Å²) in [7, 11) is 0. The van der Waals surface area contributed by atoms with E-state index in [1.807, 2.05) is 24.3 Å². The van der Waals surface area contributed by atoms with E-state index in [9.17, 15) is 4.79 Å². The molecule has 1 aliphatic heterocycles. The summed E-state index contributed by atoms with van der Waals surface area (Å²) in [4.78, 5) is 34.6. The highest BCUT2D eigenvalue weighted by molar-refractivity contribution is 6.04. The molecule has 4 heterocycles. The molecule has 1 aromatic carbocycles. The van der Waals surface area contributed by atoms with Crippen LogP contribution in [0, 0.1) is 6.92 Å². The van der Waals surface area contributed by atoms with Gasteiger partial charge in [-0.2, -0.15) is 0 Å². The molecule has 8 heteroatoms. The Morgan fingerprint density at radius 2 is 1.62 bits per heavy atom. The van der Waals surface area contributed by atoms with Crippen molar-refractivity contribution in [2.75, 3.05) is 41.3 Å². The summed E-state index contributed by atoms with van der Waals surface area (Å²) >= 11 is 0. The minimum absolute atomic E-state index is 0.229. The summed E-state index contributed by atoms with van der Waals surface area (Å²) in [6, 6.07) is 15.0. The first-order chi connectivity index (χ1) is 15.7. The second kappa shape index (κ2) is 8.58. The standard InChI is InChI=1S/C24H23N7O/c1-17-15-22(30-11-13-31(14-12-30)24-26-9-4-10-27-24)29-20-7-6-18(16-19(17)20)28-23(32)21-5-2-3-8-25-21/h2-10,15-16H,11-14H2,1H3,(H,28,32). The zero-order valence-electron chi connectivity index (χ0n) is 17.8. The van der Waals surface area contributed by atoms with Crippen LogP contribution in [0.2, 0.25) is 0 Å². The van der Waals surface area contributed by atoms with Crippen molar-refractivity contribution in [2.24, 2.45) is 0 Å². The molecule has 3 aromatic heterocycles. The Kier molecular flexibility index (Phi) is 5.33. The molecule has 8 nitrogen and oxygen atoms in total. The van der Waals surface area contributed by atoms with Crippen LogP contribution in [0.1, 0.15) is 16.1 Å². The van der Waals surface area contributed by atoms with E-state index in [4.69, 9.17) is 4.98 Å². The molecule has 4 aromatic rings. The number of pyridine rings is 2. The van der Waals surface area contributed by atoms with Gasteiger partial charge < -0.3 is 15.1 Å². The maximum Gasteiger partial charge on any atom is 0.274 e. The van der Waals surface area contributed by atoms with Gasteiger partial charge in [-0.25, -0.2) is 15.0 Å². The number of anilines is 3. The topological polar surface area (TPSA) is 87.1 Å². The van der Waals surface area contributed by atoms with Gasteiger partial charge in [-0.1, -0.05) is 6.07 Å². The number of piperazine rings is 1. The van der Waals surface area contributed by atoms with E-state index in [0.717, 1.165) is 60.1 Å². The van der Waals surface area contributed by atoms with Crippen molar-refractivity contribution in [2.45, 2.75) is 6.92 Å². The molecule has 0 unspecified atom stereocenters. The number of amides is 1. The number of rotatable bonds is 4. The third-order valence-electron chi connectivity index (χ3n) is 5.60. The average Bonchev–Trinajstić information content (AvgIpc) is 2.85. The molecule has 5 rings (SSSR count). The molecule has 1 aliphatic rings. The molecule has 0 saturated carbocycles. The van der Waals surface area contributed by atoms with Gasteiger partial charge in [-0.3, -0.25) is 9.78 Å². The Morgan fingerprint density at radius 3 is 2.38 bits per heavy atom. The van der Waals surface area contributed by atoms with Crippen LogP contribution in [-0.2, 0) is 0 Å². The summed E-state index contributed by atoms with van der Waals surface area (Å²) < 4.78 is 0. The van der Waals surface area contributed by atoms with E-state index in [0.29, 0.717) is 5.69 Å².